The quantitative estimate of drug-likeness (QED) is 0.377. The maximum atomic E-state index is 8.72. The van der Waals surface area contributed by atoms with E-state index >= 15 is 0 Å². The van der Waals surface area contributed by atoms with Crippen molar-refractivity contribution in [3.8, 4) is 0 Å². The second kappa shape index (κ2) is 3.69. The van der Waals surface area contributed by atoms with Gasteiger partial charge in [0.15, 0.2) is 0 Å². The lowest BCUT2D eigenvalue weighted by Crippen LogP contribution is -2.39. The zero-order chi connectivity index (χ0) is 9.95. The fraction of sp³-hybridized carbons (Fsp3) is 0.909. The van der Waals surface area contributed by atoms with Crippen molar-refractivity contribution in [2.75, 3.05) is 0 Å². The van der Waals surface area contributed by atoms with Crippen LogP contribution in [0.4, 0.5) is 0 Å². The average Bonchev–Trinajstić information content (AvgIpc) is 2.04. The summed E-state index contributed by atoms with van der Waals surface area (Å²) in [6, 6.07) is 0. The molecule has 0 aromatic rings. The molecule has 0 atom stereocenters. The summed E-state index contributed by atoms with van der Waals surface area (Å²) in [5.74, 6) is 0. The first-order chi connectivity index (χ1) is 6.02. The number of oxime groups is 1. The Balaban J connectivity index is 2.85. The molecule has 1 saturated carbocycles. The van der Waals surface area contributed by atoms with Crippen LogP contribution in [0.3, 0.4) is 0 Å². The van der Waals surface area contributed by atoms with Crippen molar-refractivity contribution in [1.82, 2.24) is 0 Å². The van der Waals surface area contributed by atoms with Gasteiger partial charge in [0.05, 0.1) is 6.21 Å². The van der Waals surface area contributed by atoms with E-state index in [1.165, 1.54) is 32.1 Å². The van der Waals surface area contributed by atoms with Crippen LogP contribution in [0.15, 0.2) is 5.16 Å². The molecule has 0 radical (unpaired) electrons. The molecule has 0 amide bonds. The first-order valence-electron chi connectivity index (χ1n) is 5.20. The highest BCUT2D eigenvalue weighted by atomic mass is 16.4. The van der Waals surface area contributed by atoms with Crippen molar-refractivity contribution < 1.29 is 5.21 Å². The third kappa shape index (κ3) is 2.04. The molecule has 0 aliphatic heterocycles. The minimum atomic E-state index is 0.125. The van der Waals surface area contributed by atoms with Crippen LogP contribution in [-0.4, -0.2) is 11.4 Å². The highest BCUT2D eigenvalue weighted by Crippen LogP contribution is 2.48. The van der Waals surface area contributed by atoms with Gasteiger partial charge >= 0.3 is 0 Å². The van der Waals surface area contributed by atoms with Gasteiger partial charge < -0.3 is 5.21 Å². The number of rotatable bonds is 1. The van der Waals surface area contributed by atoms with Gasteiger partial charge in [0, 0.05) is 5.41 Å². The number of hydrogen-bond acceptors (Lipinski definition) is 2. The Morgan fingerprint density at radius 3 is 2.08 bits per heavy atom. The fourth-order valence-electron chi connectivity index (χ4n) is 2.37. The SMILES string of the molecule is CC(C)(C)C1(C=NO)CCCCC1. The zero-order valence-electron chi connectivity index (χ0n) is 9.01. The lowest BCUT2D eigenvalue weighted by molar-refractivity contribution is 0.116. The van der Waals surface area contributed by atoms with E-state index in [1.807, 2.05) is 0 Å². The van der Waals surface area contributed by atoms with Crippen LogP contribution in [0.1, 0.15) is 52.9 Å². The van der Waals surface area contributed by atoms with Gasteiger partial charge in [-0.05, 0) is 18.3 Å². The van der Waals surface area contributed by atoms with Gasteiger partial charge in [-0.3, -0.25) is 0 Å². The van der Waals surface area contributed by atoms with E-state index < -0.39 is 0 Å². The predicted molar refractivity (Wildman–Crippen MR) is 55.3 cm³/mol. The minimum Gasteiger partial charge on any atom is -0.411 e. The molecule has 2 heteroatoms. The number of nitrogens with zero attached hydrogens (tertiary/aromatic N) is 1. The largest absolute Gasteiger partial charge is 0.411 e. The van der Waals surface area contributed by atoms with Crippen molar-refractivity contribution in [3.05, 3.63) is 0 Å². The van der Waals surface area contributed by atoms with Crippen LogP contribution in [0, 0.1) is 10.8 Å². The second-order valence-corrected chi connectivity index (χ2v) is 5.21. The first kappa shape index (κ1) is 10.6. The van der Waals surface area contributed by atoms with Crippen molar-refractivity contribution in [2.45, 2.75) is 52.9 Å². The molecule has 2 nitrogen and oxygen atoms in total. The molecule has 13 heavy (non-hydrogen) atoms. The summed E-state index contributed by atoms with van der Waals surface area (Å²) in [5, 5.41) is 12.0. The molecule has 1 rings (SSSR count). The topological polar surface area (TPSA) is 32.6 Å². The van der Waals surface area contributed by atoms with Crippen LogP contribution in [-0.2, 0) is 0 Å². The molecule has 0 aromatic heterocycles. The van der Waals surface area contributed by atoms with Gasteiger partial charge in [0.25, 0.3) is 0 Å². The summed E-state index contributed by atoms with van der Waals surface area (Å²) in [4.78, 5) is 0. The molecule has 1 fully saturated rings. The van der Waals surface area contributed by atoms with E-state index in [0.29, 0.717) is 0 Å². The van der Waals surface area contributed by atoms with Gasteiger partial charge in [-0.2, -0.15) is 0 Å². The van der Waals surface area contributed by atoms with Gasteiger partial charge in [-0.1, -0.05) is 40.0 Å². The lowest BCUT2D eigenvalue weighted by Gasteiger charge is -2.44. The Bertz CT molecular complexity index is 185. The predicted octanol–water partition coefficient (Wildman–Crippen LogP) is 3.44. The molecule has 76 valence electrons. The monoisotopic (exact) mass is 183 g/mol. The fourth-order valence-corrected chi connectivity index (χ4v) is 2.37. The van der Waals surface area contributed by atoms with Crippen LogP contribution in [0.2, 0.25) is 0 Å². The summed E-state index contributed by atoms with van der Waals surface area (Å²) in [5.41, 5.74) is 0.333. The van der Waals surface area contributed by atoms with E-state index in [2.05, 4.69) is 25.9 Å². The Labute approximate surface area is 81.0 Å². The summed E-state index contributed by atoms with van der Waals surface area (Å²) >= 11 is 0. The molecular weight excluding hydrogens is 162 g/mol. The van der Waals surface area contributed by atoms with Gasteiger partial charge in [-0.25, -0.2) is 0 Å². The maximum Gasteiger partial charge on any atom is 0.0502 e. The summed E-state index contributed by atoms with van der Waals surface area (Å²) in [7, 11) is 0. The molecule has 0 spiro atoms. The Morgan fingerprint density at radius 2 is 1.69 bits per heavy atom. The molecular formula is C11H21NO. The first-order valence-corrected chi connectivity index (χ1v) is 5.20. The normalized spacial score (nSPS) is 23.6. The molecule has 1 N–H and O–H groups in total. The van der Waals surface area contributed by atoms with Crippen molar-refractivity contribution in [2.24, 2.45) is 16.0 Å². The van der Waals surface area contributed by atoms with Crippen molar-refractivity contribution in [3.63, 3.8) is 0 Å². The number of hydrogen-bond donors (Lipinski definition) is 1. The van der Waals surface area contributed by atoms with E-state index in [0.717, 1.165) is 0 Å². The Kier molecular flexibility index (Phi) is 2.99. The van der Waals surface area contributed by atoms with E-state index in [4.69, 9.17) is 5.21 Å². The Morgan fingerprint density at radius 1 is 1.15 bits per heavy atom. The molecule has 1 aliphatic rings. The molecule has 0 bridgehead atoms. The highest BCUT2D eigenvalue weighted by molar-refractivity contribution is 5.66. The zero-order valence-corrected chi connectivity index (χ0v) is 9.01. The summed E-state index contributed by atoms with van der Waals surface area (Å²) < 4.78 is 0. The molecule has 0 saturated heterocycles. The second-order valence-electron chi connectivity index (χ2n) is 5.21. The Hall–Kier alpha value is -0.530. The summed E-state index contributed by atoms with van der Waals surface area (Å²) in [6.45, 7) is 6.71. The van der Waals surface area contributed by atoms with E-state index in [1.54, 1.807) is 6.21 Å². The van der Waals surface area contributed by atoms with E-state index in [9.17, 15) is 0 Å². The van der Waals surface area contributed by atoms with E-state index in [-0.39, 0.29) is 10.8 Å². The third-order valence-electron chi connectivity index (χ3n) is 3.54. The molecule has 0 aromatic carbocycles. The maximum absolute atomic E-state index is 8.72. The smallest absolute Gasteiger partial charge is 0.0502 e. The average molecular weight is 183 g/mol. The van der Waals surface area contributed by atoms with Crippen LogP contribution < -0.4 is 0 Å². The van der Waals surface area contributed by atoms with Crippen molar-refractivity contribution >= 4 is 6.21 Å². The molecule has 1 aliphatic carbocycles. The van der Waals surface area contributed by atoms with Gasteiger partial charge in [-0.15, -0.1) is 5.16 Å². The molecule has 0 unspecified atom stereocenters. The lowest BCUT2D eigenvalue weighted by atomic mass is 9.60. The van der Waals surface area contributed by atoms with Gasteiger partial charge in [0.2, 0.25) is 0 Å². The van der Waals surface area contributed by atoms with Crippen molar-refractivity contribution in [1.29, 1.82) is 0 Å². The minimum absolute atomic E-state index is 0.125. The molecule has 0 heterocycles. The standard InChI is InChI=1S/C11H21NO/c1-10(2,3)11(9-12-13)7-5-4-6-8-11/h9,13H,4-8H2,1-3H3. The van der Waals surface area contributed by atoms with Crippen LogP contribution in [0.25, 0.3) is 0 Å². The van der Waals surface area contributed by atoms with Crippen LogP contribution >= 0.6 is 0 Å². The summed E-state index contributed by atoms with van der Waals surface area (Å²) in [6.07, 6.45) is 7.97. The van der Waals surface area contributed by atoms with Gasteiger partial charge in [0.1, 0.15) is 0 Å². The highest BCUT2D eigenvalue weighted by Gasteiger charge is 2.41. The van der Waals surface area contributed by atoms with Crippen LogP contribution in [0.5, 0.6) is 0 Å². The third-order valence-corrected chi connectivity index (χ3v) is 3.54.